The second-order valence-corrected chi connectivity index (χ2v) is 7.63. The Morgan fingerprint density at radius 3 is 2.30 bits per heavy atom. The SMILES string of the molecule is Cc1ccc(-c2ncc(CN3CCC(Cn4ccnc4C)CC3)cn2)cc1. The smallest absolute Gasteiger partial charge is 0.159 e. The zero-order chi connectivity index (χ0) is 18.6. The molecule has 3 heterocycles. The maximum atomic E-state index is 4.57. The topological polar surface area (TPSA) is 46.8 Å². The van der Waals surface area contributed by atoms with Crippen molar-refractivity contribution in [3.8, 4) is 11.4 Å². The van der Waals surface area contributed by atoms with E-state index in [4.69, 9.17) is 0 Å². The molecule has 0 amide bonds. The monoisotopic (exact) mass is 361 g/mol. The summed E-state index contributed by atoms with van der Waals surface area (Å²) >= 11 is 0. The molecule has 1 aromatic carbocycles. The molecule has 0 spiro atoms. The van der Waals surface area contributed by atoms with E-state index in [1.165, 1.54) is 24.0 Å². The number of hydrogen-bond donors (Lipinski definition) is 0. The van der Waals surface area contributed by atoms with Crippen LogP contribution in [0, 0.1) is 19.8 Å². The average Bonchev–Trinajstić information content (AvgIpc) is 3.09. The molecule has 3 aromatic rings. The minimum Gasteiger partial charge on any atom is -0.335 e. The van der Waals surface area contributed by atoms with Crippen LogP contribution in [0.3, 0.4) is 0 Å². The van der Waals surface area contributed by atoms with Gasteiger partial charge in [0.1, 0.15) is 5.82 Å². The van der Waals surface area contributed by atoms with Gasteiger partial charge in [0.05, 0.1) is 0 Å². The summed E-state index contributed by atoms with van der Waals surface area (Å²) in [5, 5.41) is 0. The van der Waals surface area contributed by atoms with Gasteiger partial charge >= 0.3 is 0 Å². The standard InChI is InChI=1S/C22H27N5/c1-17-3-5-21(6-4-17)22-24-13-20(14-25-22)15-26-10-7-19(8-11-26)16-27-12-9-23-18(27)2/h3-6,9,12-14,19H,7-8,10-11,15-16H2,1-2H3. The van der Waals surface area contributed by atoms with Gasteiger partial charge in [0.25, 0.3) is 0 Å². The Kier molecular flexibility index (Phi) is 5.30. The number of rotatable bonds is 5. The van der Waals surface area contributed by atoms with E-state index in [0.717, 1.165) is 49.3 Å². The van der Waals surface area contributed by atoms with Crippen molar-refractivity contribution in [1.82, 2.24) is 24.4 Å². The van der Waals surface area contributed by atoms with Crippen molar-refractivity contribution in [3.05, 3.63) is 66.0 Å². The second kappa shape index (κ2) is 8.01. The summed E-state index contributed by atoms with van der Waals surface area (Å²) in [6, 6.07) is 8.36. The Bertz CT molecular complexity index is 858. The Morgan fingerprint density at radius 2 is 1.67 bits per heavy atom. The number of aryl methyl sites for hydroxylation is 2. The van der Waals surface area contributed by atoms with Gasteiger partial charge in [0.2, 0.25) is 0 Å². The first-order valence-corrected chi connectivity index (χ1v) is 9.75. The highest BCUT2D eigenvalue weighted by atomic mass is 15.1. The van der Waals surface area contributed by atoms with Crippen molar-refractivity contribution in [2.75, 3.05) is 13.1 Å². The molecule has 1 aliphatic rings. The molecule has 0 atom stereocenters. The van der Waals surface area contributed by atoms with Gasteiger partial charge in [-0.25, -0.2) is 15.0 Å². The predicted octanol–water partition coefficient (Wildman–Crippen LogP) is 3.87. The third kappa shape index (κ3) is 4.42. The lowest BCUT2D eigenvalue weighted by atomic mass is 9.96. The highest BCUT2D eigenvalue weighted by molar-refractivity contribution is 5.54. The fourth-order valence-corrected chi connectivity index (χ4v) is 3.75. The van der Waals surface area contributed by atoms with E-state index in [-0.39, 0.29) is 0 Å². The number of benzene rings is 1. The van der Waals surface area contributed by atoms with E-state index in [2.05, 4.69) is 68.7 Å². The summed E-state index contributed by atoms with van der Waals surface area (Å²) in [5.74, 6) is 2.66. The van der Waals surface area contributed by atoms with E-state index in [0.29, 0.717) is 0 Å². The van der Waals surface area contributed by atoms with Gasteiger partial charge in [0, 0.05) is 49.0 Å². The lowest BCUT2D eigenvalue weighted by molar-refractivity contribution is 0.166. The quantitative estimate of drug-likeness (QED) is 0.692. The highest BCUT2D eigenvalue weighted by Gasteiger charge is 2.20. The van der Waals surface area contributed by atoms with Crippen molar-refractivity contribution in [2.45, 2.75) is 39.8 Å². The average molecular weight is 361 g/mol. The van der Waals surface area contributed by atoms with Crippen molar-refractivity contribution < 1.29 is 0 Å². The number of piperidine rings is 1. The molecule has 0 bridgehead atoms. The molecular formula is C22H27N5. The second-order valence-electron chi connectivity index (χ2n) is 7.63. The van der Waals surface area contributed by atoms with Gasteiger partial charge in [-0.05, 0) is 45.7 Å². The maximum absolute atomic E-state index is 4.57. The molecule has 27 heavy (non-hydrogen) atoms. The minimum atomic E-state index is 0.745. The fraction of sp³-hybridized carbons (Fsp3) is 0.409. The van der Waals surface area contributed by atoms with Crippen LogP contribution < -0.4 is 0 Å². The molecule has 0 N–H and O–H groups in total. The molecule has 1 saturated heterocycles. The van der Waals surface area contributed by atoms with Crippen LogP contribution in [-0.4, -0.2) is 37.5 Å². The van der Waals surface area contributed by atoms with Gasteiger partial charge in [-0.1, -0.05) is 29.8 Å². The van der Waals surface area contributed by atoms with Gasteiger partial charge < -0.3 is 4.57 Å². The largest absolute Gasteiger partial charge is 0.335 e. The van der Waals surface area contributed by atoms with E-state index in [1.54, 1.807) is 0 Å². The molecule has 5 nitrogen and oxygen atoms in total. The summed E-state index contributed by atoms with van der Waals surface area (Å²) < 4.78 is 2.28. The molecule has 4 rings (SSSR count). The summed E-state index contributed by atoms with van der Waals surface area (Å²) in [5.41, 5.74) is 3.51. The third-order valence-electron chi connectivity index (χ3n) is 5.51. The highest BCUT2D eigenvalue weighted by Crippen LogP contribution is 2.21. The molecule has 0 saturated carbocycles. The number of likely N-dealkylation sites (tertiary alicyclic amines) is 1. The summed E-state index contributed by atoms with van der Waals surface area (Å²) in [6.07, 6.45) is 10.4. The van der Waals surface area contributed by atoms with Crippen LogP contribution in [0.1, 0.15) is 29.8 Å². The van der Waals surface area contributed by atoms with Crippen LogP contribution >= 0.6 is 0 Å². The van der Waals surface area contributed by atoms with E-state index in [9.17, 15) is 0 Å². The molecule has 0 unspecified atom stereocenters. The fourth-order valence-electron chi connectivity index (χ4n) is 3.75. The zero-order valence-electron chi connectivity index (χ0n) is 16.2. The zero-order valence-corrected chi connectivity index (χ0v) is 16.2. The van der Waals surface area contributed by atoms with Crippen molar-refractivity contribution in [1.29, 1.82) is 0 Å². The number of hydrogen-bond acceptors (Lipinski definition) is 4. The Morgan fingerprint density at radius 1 is 0.963 bits per heavy atom. The number of aromatic nitrogens is 4. The molecule has 1 fully saturated rings. The van der Waals surface area contributed by atoms with Crippen LogP contribution in [0.5, 0.6) is 0 Å². The number of imidazole rings is 1. The maximum Gasteiger partial charge on any atom is 0.159 e. The van der Waals surface area contributed by atoms with Crippen molar-refractivity contribution in [3.63, 3.8) is 0 Å². The van der Waals surface area contributed by atoms with E-state index in [1.807, 2.05) is 18.6 Å². The van der Waals surface area contributed by atoms with Crippen molar-refractivity contribution in [2.24, 2.45) is 5.92 Å². The molecule has 2 aromatic heterocycles. The third-order valence-corrected chi connectivity index (χ3v) is 5.51. The summed E-state index contributed by atoms with van der Waals surface area (Å²) in [7, 11) is 0. The molecule has 140 valence electrons. The molecule has 0 aliphatic carbocycles. The summed E-state index contributed by atoms with van der Waals surface area (Å²) in [6.45, 7) is 8.47. The summed E-state index contributed by atoms with van der Waals surface area (Å²) in [4.78, 5) is 16.0. The van der Waals surface area contributed by atoms with Crippen LogP contribution in [0.4, 0.5) is 0 Å². The van der Waals surface area contributed by atoms with Gasteiger partial charge in [-0.15, -0.1) is 0 Å². The Hall–Kier alpha value is -2.53. The minimum absolute atomic E-state index is 0.745. The van der Waals surface area contributed by atoms with Crippen LogP contribution in [0.15, 0.2) is 49.1 Å². The first kappa shape index (κ1) is 17.9. The normalized spacial score (nSPS) is 15.9. The Labute approximate surface area is 161 Å². The molecular weight excluding hydrogens is 334 g/mol. The first-order valence-electron chi connectivity index (χ1n) is 9.75. The molecule has 5 heteroatoms. The van der Waals surface area contributed by atoms with E-state index >= 15 is 0 Å². The molecule has 1 aliphatic heterocycles. The van der Waals surface area contributed by atoms with Gasteiger partial charge in [-0.3, -0.25) is 4.90 Å². The lowest BCUT2D eigenvalue weighted by Gasteiger charge is -2.32. The Balaban J connectivity index is 1.30. The van der Waals surface area contributed by atoms with Crippen LogP contribution in [0.2, 0.25) is 0 Å². The van der Waals surface area contributed by atoms with E-state index < -0.39 is 0 Å². The molecule has 0 radical (unpaired) electrons. The van der Waals surface area contributed by atoms with Crippen LogP contribution in [0.25, 0.3) is 11.4 Å². The predicted molar refractivity (Wildman–Crippen MR) is 107 cm³/mol. The van der Waals surface area contributed by atoms with Crippen molar-refractivity contribution >= 4 is 0 Å². The van der Waals surface area contributed by atoms with Gasteiger partial charge in [-0.2, -0.15) is 0 Å². The van der Waals surface area contributed by atoms with Crippen LogP contribution in [-0.2, 0) is 13.1 Å². The first-order chi connectivity index (χ1) is 13.2. The number of nitrogens with zero attached hydrogens (tertiary/aromatic N) is 5. The lowest BCUT2D eigenvalue weighted by Crippen LogP contribution is -2.34. The van der Waals surface area contributed by atoms with Gasteiger partial charge in [0.15, 0.2) is 5.82 Å².